The summed E-state index contributed by atoms with van der Waals surface area (Å²) in [4.78, 5) is 0. The Kier molecular flexibility index (Phi) is 2.56. The quantitative estimate of drug-likeness (QED) is 0.652. The average molecular weight is 151 g/mol. The van der Waals surface area contributed by atoms with Crippen LogP contribution in [0.25, 0.3) is 0 Å². The molecule has 0 bridgehead atoms. The number of nitrogens with two attached hydrogens (primary N) is 1. The monoisotopic (exact) mass is 151 g/mol. The molecule has 0 saturated heterocycles. The van der Waals surface area contributed by atoms with Gasteiger partial charge in [0.05, 0.1) is 6.10 Å². The van der Waals surface area contributed by atoms with Crippen LogP contribution < -0.4 is 5.73 Å². The molecule has 60 valence electrons. The molecule has 0 amide bonds. The molecule has 1 aliphatic carbocycles. The molecular weight excluding hydrogens is 140 g/mol. The molecule has 2 N–H and O–H groups in total. The highest BCUT2D eigenvalue weighted by molar-refractivity contribution is 4.80. The maximum Gasteiger partial charge on any atom is 0.345 e. The largest absolute Gasteiger partial charge is 0.345 e. The Bertz CT molecular complexity index is 104. The Morgan fingerprint density at radius 3 is 2.50 bits per heavy atom. The van der Waals surface area contributed by atoms with E-state index in [2.05, 4.69) is 4.74 Å². The lowest BCUT2D eigenvalue weighted by molar-refractivity contribution is -0.190. The van der Waals surface area contributed by atoms with Crippen LogP contribution in [-0.4, -0.2) is 19.3 Å². The van der Waals surface area contributed by atoms with Gasteiger partial charge in [-0.3, -0.25) is 0 Å². The van der Waals surface area contributed by atoms with E-state index in [1.54, 1.807) is 0 Å². The van der Waals surface area contributed by atoms with Crippen molar-refractivity contribution < 1.29 is 13.5 Å². The Hall–Kier alpha value is -0.220. The summed E-state index contributed by atoms with van der Waals surface area (Å²) in [5.41, 5.74) is 5.28. The van der Waals surface area contributed by atoms with Crippen molar-refractivity contribution in [1.29, 1.82) is 0 Å². The van der Waals surface area contributed by atoms with Crippen LogP contribution in [0.15, 0.2) is 0 Å². The summed E-state index contributed by atoms with van der Waals surface area (Å²) >= 11 is 0. The summed E-state index contributed by atoms with van der Waals surface area (Å²) in [7, 11) is 0. The van der Waals surface area contributed by atoms with Gasteiger partial charge >= 0.3 is 6.61 Å². The van der Waals surface area contributed by atoms with Gasteiger partial charge in [0.1, 0.15) is 0 Å². The maximum absolute atomic E-state index is 11.5. The molecule has 0 heterocycles. The number of ether oxygens (including phenoxy) is 1. The minimum absolute atomic E-state index is 0.242. The van der Waals surface area contributed by atoms with Crippen LogP contribution in [0.5, 0.6) is 0 Å². The van der Waals surface area contributed by atoms with E-state index >= 15 is 0 Å². The molecule has 2 nitrogen and oxygen atoms in total. The van der Waals surface area contributed by atoms with Crippen LogP contribution in [0.2, 0.25) is 0 Å². The van der Waals surface area contributed by atoms with Gasteiger partial charge in [-0.1, -0.05) is 0 Å². The topological polar surface area (TPSA) is 35.2 Å². The molecule has 0 radical (unpaired) electrons. The zero-order valence-electron chi connectivity index (χ0n) is 5.59. The zero-order valence-corrected chi connectivity index (χ0v) is 5.59. The third-order valence-electron chi connectivity index (χ3n) is 1.82. The number of halogens is 2. The number of hydrogen-bond donors (Lipinski definition) is 1. The second-order valence-electron chi connectivity index (χ2n) is 2.59. The highest BCUT2D eigenvalue weighted by Crippen LogP contribution is 2.30. The van der Waals surface area contributed by atoms with Gasteiger partial charge in [0.2, 0.25) is 0 Å². The van der Waals surface area contributed by atoms with Crippen LogP contribution in [-0.2, 0) is 4.74 Å². The standard InChI is InChI=1S/C6H11F2NO/c7-6(8)10-5-1-4(2-5)3-9/h4-6H,1-3,9H2. The molecule has 0 aliphatic heterocycles. The second-order valence-corrected chi connectivity index (χ2v) is 2.59. The molecule has 10 heavy (non-hydrogen) atoms. The van der Waals surface area contributed by atoms with Crippen LogP contribution >= 0.6 is 0 Å². The van der Waals surface area contributed by atoms with Crippen LogP contribution in [0.4, 0.5) is 8.78 Å². The summed E-state index contributed by atoms with van der Waals surface area (Å²) in [5, 5.41) is 0. The van der Waals surface area contributed by atoms with Crippen LogP contribution in [0, 0.1) is 5.92 Å². The van der Waals surface area contributed by atoms with Crippen molar-refractivity contribution in [3.8, 4) is 0 Å². The summed E-state index contributed by atoms with van der Waals surface area (Å²) in [5.74, 6) is 0.406. The first-order valence-electron chi connectivity index (χ1n) is 3.36. The van der Waals surface area contributed by atoms with Gasteiger partial charge in [-0.05, 0) is 25.3 Å². The highest BCUT2D eigenvalue weighted by Gasteiger charge is 2.30. The summed E-state index contributed by atoms with van der Waals surface area (Å²) < 4.78 is 27.2. The molecule has 4 heteroatoms. The van der Waals surface area contributed by atoms with Gasteiger partial charge in [0.25, 0.3) is 0 Å². The summed E-state index contributed by atoms with van der Waals surface area (Å²) in [6, 6.07) is 0. The van der Waals surface area contributed by atoms with E-state index in [0.29, 0.717) is 25.3 Å². The smallest absolute Gasteiger partial charge is 0.330 e. The maximum atomic E-state index is 11.5. The van der Waals surface area contributed by atoms with Crippen molar-refractivity contribution in [3.63, 3.8) is 0 Å². The number of rotatable bonds is 3. The molecule has 0 aromatic heterocycles. The van der Waals surface area contributed by atoms with Gasteiger partial charge in [0.15, 0.2) is 0 Å². The van der Waals surface area contributed by atoms with Gasteiger partial charge in [0, 0.05) is 0 Å². The Morgan fingerprint density at radius 1 is 1.50 bits per heavy atom. The summed E-state index contributed by atoms with van der Waals surface area (Å²) in [6.07, 6.45) is 1.15. The Labute approximate surface area is 58.3 Å². The fourth-order valence-corrected chi connectivity index (χ4v) is 1.12. The van der Waals surface area contributed by atoms with E-state index in [9.17, 15) is 8.78 Å². The van der Waals surface area contributed by atoms with Gasteiger partial charge in [-0.25, -0.2) is 0 Å². The third-order valence-corrected chi connectivity index (χ3v) is 1.82. The minimum atomic E-state index is -2.62. The van der Waals surface area contributed by atoms with E-state index in [-0.39, 0.29) is 6.10 Å². The lowest BCUT2D eigenvalue weighted by atomic mass is 9.82. The lowest BCUT2D eigenvalue weighted by Gasteiger charge is -2.33. The van der Waals surface area contributed by atoms with E-state index in [1.807, 2.05) is 0 Å². The first-order valence-corrected chi connectivity index (χ1v) is 3.36. The fraction of sp³-hybridized carbons (Fsp3) is 1.00. The Balaban J connectivity index is 2.03. The van der Waals surface area contributed by atoms with Crippen LogP contribution in [0.1, 0.15) is 12.8 Å². The SMILES string of the molecule is NCC1CC(OC(F)F)C1. The highest BCUT2D eigenvalue weighted by atomic mass is 19.3. The van der Waals surface area contributed by atoms with E-state index < -0.39 is 6.61 Å². The molecule has 0 aromatic rings. The first-order chi connectivity index (χ1) is 4.72. The zero-order chi connectivity index (χ0) is 7.56. The van der Waals surface area contributed by atoms with Crippen molar-refractivity contribution in [3.05, 3.63) is 0 Å². The van der Waals surface area contributed by atoms with E-state index in [0.717, 1.165) is 0 Å². The van der Waals surface area contributed by atoms with Crippen molar-refractivity contribution in [2.24, 2.45) is 11.7 Å². The predicted molar refractivity (Wildman–Crippen MR) is 32.7 cm³/mol. The van der Waals surface area contributed by atoms with Crippen molar-refractivity contribution in [1.82, 2.24) is 0 Å². The molecular formula is C6H11F2NO. The van der Waals surface area contributed by atoms with Gasteiger partial charge in [-0.15, -0.1) is 0 Å². The lowest BCUT2D eigenvalue weighted by Crippen LogP contribution is -2.36. The van der Waals surface area contributed by atoms with Gasteiger partial charge < -0.3 is 10.5 Å². The normalized spacial score (nSPS) is 32.4. The molecule has 0 spiro atoms. The number of hydrogen-bond acceptors (Lipinski definition) is 2. The molecule has 1 fully saturated rings. The molecule has 0 atom stereocenters. The molecule has 1 aliphatic rings. The molecule has 1 saturated carbocycles. The molecule has 1 rings (SSSR count). The second kappa shape index (κ2) is 3.25. The predicted octanol–water partition coefficient (Wildman–Crippen LogP) is 0.963. The van der Waals surface area contributed by atoms with E-state index in [4.69, 9.17) is 5.73 Å². The minimum Gasteiger partial charge on any atom is -0.330 e. The summed E-state index contributed by atoms with van der Waals surface area (Å²) in [6.45, 7) is -2.04. The van der Waals surface area contributed by atoms with Crippen LogP contribution in [0.3, 0.4) is 0 Å². The van der Waals surface area contributed by atoms with Crippen molar-refractivity contribution >= 4 is 0 Å². The molecule has 0 unspecified atom stereocenters. The number of alkyl halides is 2. The van der Waals surface area contributed by atoms with E-state index in [1.165, 1.54) is 0 Å². The van der Waals surface area contributed by atoms with Crippen molar-refractivity contribution in [2.75, 3.05) is 6.54 Å². The van der Waals surface area contributed by atoms with Gasteiger partial charge in [-0.2, -0.15) is 8.78 Å². The first kappa shape index (κ1) is 7.88. The van der Waals surface area contributed by atoms with Crippen molar-refractivity contribution in [2.45, 2.75) is 25.6 Å². The third kappa shape index (κ3) is 1.88. The Morgan fingerprint density at radius 2 is 2.10 bits per heavy atom. The average Bonchev–Trinajstić information content (AvgIpc) is 1.76. The fourth-order valence-electron chi connectivity index (χ4n) is 1.12. The molecule has 0 aromatic carbocycles.